The molecule has 14 heavy (non-hydrogen) atoms. The Labute approximate surface area is 78.9 Å². The zero-order chi connectivity index (χ0) is 11.4. The molecule has 1 atom stereocenters. The van der Waals surface area contributed by atoms with Crippen molar-refractivity contribution in [2.45, 2.75) is 0 Å². The molecule has 0 saturated carbocycles. The number of rotatable bonds is 5. The van der Waals surface area contributed by atoms with Gasteiger partial charge in [-0.25, -0.2) is 4.79 Å². The smallest absolute Gasteiger partial charge is 0.330 e. The van der Waals surface area contributed by atoms with Crippen LogP contribution in [0.15, 0.2) is 12.7 Å². The van der Waals surface area contributed by atoms with E-state index < -0.39 is 27.7 Å². The van der Waals surface area contributed by atoms with Crippen molar-refractivity contribution in [2.75, 3.05) is 6.35 Å². The molecule has 0 aromatic carbocycles. The van der Waals surface area contributed by atoms with Crippen molar-refractivity contribution in [3.05, 3.63) is 12.7 Å². The Kier molecular flexibility index (Phi) is 4.67. The Bertz CT molecular complexity index is 315. The minimum absolute atomic E-state index is 0.661. The van der Waals surface area contributed by atoms with Gasteiger partial charge in [0.25, 0.3) is 0 Å². The van der Waals surface area contributed by atoms with Crippen LogP contribution >= 0.6 is 15.4 Å². The normalized spacial score (nSPS) is 15.6. The maximum absolute atomic E-state index is 10.6. The number of phosphoric acid groups is 1. The minimum atomic E-state index is -5.65. The predicted molar refractivity (Wildman–Crippen MR) is 37.5 cm³/mol. The van der Waals surface area contributed by atoms with E-state index in [1.54, 1.807) is 0 Å². The lowest BCUT2D eigenvalue weighted by Gasteiger charge is -2.35. The van der Waals surface area contributed by atoms with Crippen LogP contribution in [0.2, 0.25) is 0 Å². The highest BCUT2D eigenvalue weighted by Gasteiger charge is 2.12. The minimum Gasteiger partial charge on any atom is -0.790 e. The fraction of sp³-hybridized carbons (Fsp3) is 0.250. The molecular formula is C4H5O8P2-3. The van der Waals surface area contributed by atoms with Crippen molar-refractivity contribution in [2.24, 2.45) is 0 Å². The first kappa shape index (κ1) is 13.5. The maximum Gasteiger partial charge on any atom is 0.330 e. The topological polar surface area (TPSA) is 139 Å². The molecule has 82 valence electrons. The summed E-state index contributed by atoms with van der Waals surface area (Å²) in [5.41, 5.74) is 0. The Morgan fingerprint density at radius 3 is 2.21 bits per heavy atom. The van der Waals surface area contributed by atoms with Gasteiger partial charge in [-0.1, -0.05) is 6.58 Å². The van der Waals surface area contributed by atoms with Crippen LogP contribution in [0, 0.1) is 0 Å². The van der Waals surface area contributed by atoms with E-state index in [0.717, 1.165) is 0 Å². The fourth-order valence-corrected chi connectivity index (χ4v) is 2.07. The van der Waals surface area contributed by atoms with Gasteiger partial charge in [0, 0.05) is 6.08 Å². The van der Waals surface area contributed by atoms with Crippen molar-refractivity contribution in [1.82, 2.24) is 0 Å². The second-order valence-corrected chi connectivity index (χ2v) is 4.96. The van der Waals surface area contributed by atoms with Crippen LogP contribution < -0.4 is 14.7 Å². The third kappa shape index (κ3) is 6.97. The molecule has 0 bridgehead atoms. The Hall–Kier alpha value is -0.490. The fourth-order valence-electron chi connectivity index (χ4n) is 0.378. The van der Waals surface area contributed by atoms with Crippen LogP contribution in [-0.4, -0.2) is 12.3 Å². The molecule has 0 saturated heterocycles. The lowest BCUT2D eigenvalue weighted by Crippen LogP contribution is -2.20. The first-order valence-electron chi connectivity index (χ1n) is 2.99. The largest absolute Gasteiger partial charge is 0.790 e. The second kappa shape index (κ2) is 4.84. The molecule has 0 aliphatic rings. The van der Waals surface area contributed by atoms with E-state index in [0.29, 0.717) is 6.08 Å². The molecule has 0 rings (SSSR count). The molecular weight excluding hydrogens is 238 g/mol. The van der Waals surface area contributed by atoms with Crippen molar-refractivity contribution >= 4 is 21.4 Å². The monoisotopic (exact) mass is 243 g/mol. The first-order valence-corrected chi connectivity index (χ1v) is 6.18. The van der Waals surface area contributed by atoms with Gasteiger partial charge in [0.1, 0.15) is 0 Å². The van der Waals surface area contributed by atoms with Gasteiger partial charge in [-0.15, -0.1) is 0 Å². The SMILES string of the molecule is C=CC(=O)OCP(=O)([O-])OP(=O)([O-])[O-]. The lowest BCUT2D eigenvalue weighted by atomic mass is 10.7. The predicted octanol–water partition coefficient (Wildman–Crippen LogP) is -1.93. The lowest BCUT2D eigenvalue weighted by molar-refractivity contribution is -0.337. The highest BCUT2D eigenvalue weighted by Crippen LogP contribution is 2.49. The molecule has 0 aromatic rings. The van der Waals surface area contributed by atoms with E-state index in [1.165, 1.54) is 0 Å². The third-order valence-corrected chi connectivity index (χ3v) is 3.00. The number of hydrogen-bond acceptors (Lipinski definition) is 8. The molecule has 0 fully saturated rings. The molecule has 0 aromatic heterocycles. The average Bonchev–Trinajstić information content (AvgIpc) is 1.96. The van der Waals surface area contributed by atoms with E-state index in [-0.39, 0.29) is 0 Å². The number of carbonyl (C=O) groups excluding carboxylic acids is 1. The summed E-state index contributed by atoms with van der Waals surface area (Å²) in [4.78, 5) is 40.7. The first-order chi connectivity index (χ1) is 6.16. The van der Waals surface area contributed by atoms with Gasteiger partial charge in [-0.2, -0.15) is 0 Å². The molecule has 0 amide bonds. The summed E-state index contributed by atoms with van der Waals surface area (Å²) in [6.45, 7) is 2.95. The molecule has 0 aliphatic carbocycles. The van der Waals surface area contributed by atoms with Gasteiger partial charge in [-0.05, 0) is 0 Å². The Morgan fingerprint density at radius 2 is 1.86 bits per heavy atom. The van der Waals surface area contributed by atoms with Gasteiger partial charge in [0.2, 0.25) is 0 Å². The summed E-state index contributed by atoms with van der Waals surface area (Å²) in [5, 5.41) is 0. The quantitative estimate of drug-likeness (QED) is 0.309. The molecule has 0 N–H and O–H groups in total. The van der Waals surface area contributed by atoms with Gasteiger partial charge in [-0.3, -0.25) is 0 Å². The van der Waals surface area contributed by atoms with Crippen molar-refractivity contribution in [3.8, 4) is 0 Å². The number of hydrogen-bond donors (Lipinski definition) is 0. The van der Waals surface area contributed by atoms with Crippen LogP contribution in [0.5, 0.6) is 0 Å². The standard InChI is InChI=1S/C4H8O8P2/c1-2-4(5)11-3-13(6,7)12-14(8,9)10/h2H,1,3H2,(H,6,7)(H2,8,9,10)/p-3. The van der Waals surface area contributed by atoms with E-state index in [2.05, 4.69) is 15.6 Å². The summed E-state index contributed by atoms with van der Waals surface area (Å²) in [6.07, 6.45) is -0.680. The Morgan fingerprint density at radius 1 is 1.36 bits per heavy atom. The van der Waals surface area contributed by atoms with Gasteiger partial charge < -0.3 is 32.9 Å². The number of esters is 1. The molecule has 0 heterocycles. The molecule has 10 heteroatoms. The summed E-state index contributed by atoms with van der Waals surface area (Å²) in [7, 11) is -10.7. The van der Waals surface area contributed by atoms with Crippen LogP contribution in [-0.2, 0) is 23.0 Å². The van der Waals surface area contributed by atoms with E-state index in [4.69, 9.17) is 0 Å². The number of carbonyl (C=O) groups is 1. The summed E-state index contributed by atoms with van der Waals surface area (Å²) < 4.78 is 27.6. The summed E-state index contributed by atoms with van der Waals surface area (Å²) >= 11 is 0. The molecule has 1 unspecified atom stereocenters. The second-order valence-electron chi connectivity index (χ2n) is 1.94. The van der Waals surface area contributed by atoms with E-state index in [9.17, 15) is 28.6 Å². The maximum atomic E-state index is 10.6. The van der Waals surface area contributed by atoms with E-state index >= 15 is 0 Å². The van der Waals surface area contributed by atoms with Gasteiger partial charge in [0.05, 0.1) is 7.82 Å². The zero-order valence-electron chi connectivity index (χ0n) is 6.65. The van der Waals surface area contributed by atoms with Gasteiger partial charge in [0.15, 0.2) is 13.9 Å². The number of ether oxygens (including phenoxy) is 1. The van der Waals surface area contributed by atoms with Crippen molar-refractivity contribution in [3.63, 3.8) is 0 Å². The summed E-state index contributed by atoms with van der Waals surface area (Å²) in [6, 6.07) is 0. The zero-order valence-corrected chi connectivity index (χ0v) is 8.44. The summed E-state index contributed by atoms with van der Waals surface area (Å²) in [5.74, 6) is -1.09. The van der Waals surface area contributed by atoms with Crippen LogP contribution in [0.1, 0.15) is 0 Å². The van der Waals surface area contributed by atoms with E-state index in [1.807, 2.05) is 0 Å². The van der Waals surface area contributed by atoms with Crippen molar-refractivity contribution < 1.29 is 37.7 Å². The van der Waals surface area contributed by atoms with Gasteiger partial charge >= 0.3 is 5.97 Å². The highest BCUT2D eigenvalue weighted by atomic mass is 31.3. The Balaban J connectivity index is 4.22. The van der Waals surface area contributed by atoms with Crippen LogP contribution in [0.4, 0.5) is 0 Å². The van der Waals surface area contributed by atoms with Crippen LogP contribution in [0.25, 0.3) is 0 Å². The molecule has 0 spiro atoms. The molecule has 0 aliphatic heterocycles. The highest BCUT2D eigenvalue weighted by molar-refractivity contribution is 7.61. The molecule has 0 radical (unpaired) electrons. The van der Waals surface area contributed by atoms with Crippen molar-refractivity contribution in [1.29, 1.82) is 0 Å². The molecule has 8 nitrogen and oxygen atoms in total. The van der Waals surface area contributed by atoms with Crippen LogP contribution in [0.3, 0.4) is 0 Å². The average molecular weight is 243 g/mol. The third-order valence-electron chi connectivity index (χ3n) is 0.756.